The van der Waals surface area contributed by atoms with Crippen molar-refractivity contribution in [2.75, 3.05) is 0 Å². The van der Waals surface area contributed by atoms with Gasteiger partial charge in [-0.05, 0) is 30.3 Å². The van der Waals surface area contributed by atoms with E-state index >= 15 is 0 Å². The summed E-state index contributed by atoms with van der Waals surface area (Å²) in [5, 5.41) is 10.1. The molecule has 3 nitrogen and oxygen atoms in total. The van der Waals surface area contributed by atoms with Crippen LogP contribution in [-0.4, -0.2) is 16.1 Å². The van der Waals surface area contributed by atoms with Crippen LogP contribution in [0.4, 0.5) is 0 Å². The van der Waals surface area contributed by atoms with Crippen LogP contribution in [0.5, 0.6) is 0 Å². The molecular weight excluding hydrogens is 296 g/mol. The van der Waals surface area contributed by atoms with Gasteiger partial charge in [-0.15, -0.1) is 0 Å². The Morgan fingerprint density at radius 2 is 1.67 bits per heavy atom. The van der Waals surface area contributed by atoms with Gasteiger partial charge in [-0.1, -0.05) is 34.8 Å². The summed E-state index contributed by atoms with van der Waals surface area (Å²) in [5.41, 5.74) is 0.782. The Balaban J connectivity index is 2.68. The van der Waals surface area contributed by atoms with E-state index < -0.39 is 5.97 Å². The number of nitrogens with zero attached hydrogens (tertiary/aromatic N) is 1. The van der Waals surface area contributed by atoms with Crippen molar-refractivity contribution in [3.8, 4) is 11.3 Å². The molecule has 2 aromatic rings. The molecule has 0 spiro atoms. The van der Waals surface area contributed by atoms with Crippen molar-refractivity contribution < 1.29 is 9.90 Å². The standard InChI is InChI=1S/C12H6Cl3NO2/c13-7-3-6(4-8(14)5-7)11-9(12(17)18)1-2-10(15)16-11/h1-5H,(H,17,18). The highest BCUT2D eigenvalue weighted by atomic mass is 35.5. The van der Waals surface area contributed by atoms with Crippen molar-refractivity contribution in [1.82, 2.24) is 4.98 Å². The first kappa shape index (κ1) is 13.1. The molecule has 0 aliphatic heterocycles. The molecule has 6 heteroatoms. The van der Waals surface area contributed by atoms with Gasteiger partial charge < -0.3 is 5.11 Å². The van der Waals surface area contributed by atoms with E-state index in [2.05, 4.69) is 4.98 Å². The highest BCUT2D eigenvalue weighted by molar-refractivity contribution is 6.35. The number of carboxylic acids is 1. The number of rotatable bonds is 2. The Morgan fingerprint density at radius 1 is 1.06 bits per heavy atom. The maximum Gasteiger partial charge on any atom is 0.337 e. The van der Waals surface area contributed by atoms with Crippen molar-refractivity contribution in [2.24, 2.45) is 0 Å². The lowest BCUT2D eigenvalue weighted by atomic mass is 10.1. The molecule has 0 unspecified atom stereocenters. The fourth-order valence-electron chi connectivity index (χ4n) is 1.52. The normalized spacial score (nSPS) is 10.4. The van der Waals surface area contributed by atoms with Crippen LogP contribution in [0.15, 0.2) is 30.3 Å². The van der Waals surface area contributed by atoms with Crippen molar-refractivity contribution in [2.45, 2.75) is 0 Å². The summed E-state index contributed by atoms with van der Waals surface area (Å²) in [6.07, 6.45) is 0. The number of halogens is 3. The van der Waals surface area contributed by atoms with Gasteiger partial charge >= 0.3 is 5.97 Å². The quantitative estimate of drug-likeness (QED) is 0.836. The van der Waals surface area contributed by atoms with Gasteiger partial charge in [0, 0.05) is 15.6 Å². The minimum atomic E-state index is -1.09. The third kappa shape index (κ3) is 2.75. The first-order chi connectivity index (χ1) is 8.47. The molecule has 1 heterocycles. The average Bonchev–Trinajstić information content (AvgIpc) is 2.27. The third-order valence-electron chi connectivity index (χ3n) is 2.23. The first-order valence-corrected chi connectivity index (χ1v) is 5.97. The maximum absolute atomic E-state index is 11.1. The second kappa shape index (κ2) is 5.14. The van der Waals surface area contributed by atoms with Gasteiger partial charge in [-0.3, -0.25) is 0 Å². The van der Waals surface area contributed by atoms with Crippen LogP contribution >= 0.6 is 34.8 Å². The topological polar surface area (TPSA) is 50.2 Å². The summed E-state index contributed by atoms with van der Waals surface area (Å²) in [4.78, 5) is 15.1. The number of aromatic nitrogens is 1. The second-order valence-corrected chi connectivity index (χ2v) is 4.75. The molecule has 0 aliphatic carbocycles. The molecular formula is C12H6Cl3NO2. The fraction of sp³-hybridized carbons (Fsp3) is 0. The van der Waals surface area contributed by atoms with E-state index in [9.17, 15) is 4.79 Å². The number of hydrogen-bond acceptors (Lipinski definition) is 2. The summed E-state index contributed by atoms with van der Waals surface area (Å²) in [6, 6.07) is 7.52. The van der Waals surface area contributed by atoms with E-state index in [1.807, 2.05) is 0 Å². The lowest BCUT2D eigenvalue weighted by molar-refractivity contribution is 0.0697. The Bertz CT molecular complexity index is 608. The molecule has 0 saturated heterocycles. The highest BCUT2D eigenvalue weighted by Gasteiger charge is 2.14. The van der Waals surface area contributed by atoms with Crippen molar-refractivity contribution in [1.29, 1.82) is 0 Å². The lowest BCUT2D eigenvalue weighted by Crippen LogP contribution is -2.01. The molecule has 0 atom stereocenters. The fourth-order valence-corrected chi connectivity index (χ4v) is 2.19. The van der Waals surface area contributed by atoms with Crippen LogP contribution in [0.2, 0.25) is 15.2 Å². The van der Waals surface area contributed by atoms with Gasteiger partial charge in [-0.25, -0.2) is 9.78 Å². The molecule has 1 aromatic heterocycles. The number of hydrogen-bond donors (Lipinski definition) is 1. The maximum atomic E-state index is 11.1. The van der Waals surface area contributed by atoms with Crippen molar-refractivity contribution in [3.05, 3.63) is 51.1 Å². The summed E-state index contributed by atoms with van der Waals surface area (Å²) in [6.45, 7) is 0. The average molecular weight is 303 g/mol. The van der Waals surface area contributed by atoms with E-state index in [1.165, 1.54) is 12.1 Å². The van der Waals surface area contributed by atoms with Gasteiger partial charge in [0.2, 0.25) is 0 Å². The van der Waals surface area contributed by atoms with E-state index in [4.69, 9.17) is 39.9 Å². The van der Waals surface area contributed by atoms with Gasteiger partial charge in [0.1, 0.15) is 5.15 Å². The Kier molecular flexibility index (Phi) is 3.76. The molecule has 0 amide bonds. The molecule has 2 rings (SSSR count). The minimum Gasteiger partial charge on any atom is -0.478 e. The second-order valence-electron chi connectivity index (χ2n) is 3.49. The van der Waals surface area contributed by atoms with E-state index in [1.54, 1.807) is 18.2 Å². The zero-order chi connectivity index (χ0) is 13.3. The molecule has 18 heavy (non-hydrogen) atoms. The number of pyridine rings is 1. The molecule has 0 saturated carbocycles. The molecule has 0 aliphatic rings. The smallest absolute Gasteiger partial charge is 0.337 e. The Morgan fingerprint density at radius 3 is 2.22 bits per heavy atom. The van der Waals surface area contributed by atoms with E-state index in [0.717, 1.165) is 0 Å². The van der Waals surface area contributed by atoms with Crippen LogP contribution < -0.4 is 0 Å². The van der Waals surface area contributed by atoms with Crippen molar-refractivity contribution >= 4 is 40.8 Å². The van der Waals surface area contributed by atoms with Crippen LogP contribution in [0, 0.1) is 0 Å². The van der Waals surface area contributed by atoms with Crippen LogP contribution in [0.25, 0.3) is 11.3 Å². The predicted octanol–water partition coefficient (Wildman–Crippen LogP) is 4.41. The molecule has 0 radical (unpaired) electrons. The van der Waals surface area contributed by atoms with Crippen LogP contribution in [0.1, 0.15) is 10.4 Å². The van der Waals surface area contributed by atoms with Gasteiger partial charge in [-0.2, -0.15) is 0 Å². The number of aromatic carboxylic acids is 1. The summed E-state index contributed by atoms with van der Waals surface area (Å²) in [5.74, 6) is -1.09. The number of carboxylic acid groups (broad SMARTS) is 1. The molecule has 0 bridgehead atoms. The van der Waals surface area contributed by atoms with Gasteiger partial charge in [0.25, 0.3) is 0 Å². The lowest BCUT2D eigenvalue weighted by Gasteiger charge is -2.07. The third-order valence-corrected chi connectivity index (χ3v) is 2.87. The van der Waals surface area contributed by atoms with Crippen molar-refractivity contribution in [3.63, 3.8) is 0 Å². The molecule has 1 aromatic carbocycles. The summed E-state index contributed by atoms with van der Waals surface area (Å²) < 4.78 is 0. The molecule has 0 fully saturated rings. The number of benzene rings is 1. The van der Waals surface area contributed by atoms with Crippen LogP contribution in [-0.2, 0) is 0 Å². The van der Waals surface area contributed by atoms with Gasteiger partial charge in [0.15, 0.2) is 0 Å². The minimum absolute atomic E-state index is 0.0396. The van der Waals surface area contributed by atoms with E-state index in [-0.39, 0.29) is 16.4 Å². The van der Waals surface area contributed by atoms with E-state index in [0.29, 0.717) is 15.6 Å². The predicted molar refractivity (Wildman–Crippen MR) is 71.7 cm³/mol. The highest BCUT2D eigenvalue weighted by Crippen LogP contribution is 2.29. The zero-order valence-corrected chi connectivity index (χ0v) is 11.1. The first-order valence-electron chi connectivity index (χ1n) is 4.83. The van der Waals surface area contributed by atoms with Crippen LogP contribution in [0.3, 0.4) is 0 Å². The van der Waals surface area contributed by atoms with Gasteiger partial charge in [0.05, 0.1) is 11.3 Å². The Labute approximate surface area is 118 Å². The molecule has 92 valence electrons. The SMILES string of the molecule is O=C(O)c1ccc(Cl)nc1-c1cc(Cl)cc(Cl)c1. The Hall–Kier alpha value is -1.29. The number of carbonyl (C=O) groups is 1. The molecule has 1 N–H and O–H groups in total. The summed E-state index contributed by atoms with van der Waals surface area (Å²) >= 11 is 17.5. The largest absolute Gasteiger partial charge is 0.478 e. The monoisotopic (exact) mass is 301 g/mol. The summed E-state index contributed by atoms with van der Waals surface area (Å²) in [7, 11) is 0. The zero-order valence-electron chi connectivity index (χ0n) is 8.82.